The van der Waals surface area contributed by atoms with Gasteiger partial charge in [0.2, 0.25) is 5.91 Å². The number of benzene rings is 4. The van der Waals surface area contributed by atoms with Crippen LogP contribution in [0.4, 0.5) is 8.78 Å². The van der Waals surface area contributed by atoms with Crippen LogP contribution in [-0.4, -0.2) is 111 Å². The number of hydrogen-bond donors (Lipinski definition) is 3. The van der Waals surface area contributed by atoms with Crippen molar-refractivity contribution in [2.24, 2.45) is 0 Å². The zero-order valence-electron chi connectivity index (χ0n) is 36.6. The highest BCUT2D eigenvalue weighted by atomic mass is 32.2. The lowest BCUT2D eigenvalue weighted by atomic mass is 9.84. The maximum absolute atomic E-state index is 13.9. The molecule has 0 bridgehead atoms. The van der Waals surface area contributed by atoms with Crippen molar-refractivity contribution in [3.8, 4) is 11.5 Å². The Bertz CT molecular complexity index is 3230. The molecule has 3 amide bonds. The minimum Gasteiger partial charge on any atom is -0.505 e. The van der Waals surface area contributed by atoms with Crippen molar-refractivity contribution in [1.29, 1.82) is 0 Å². The second-order valence-corrected chi connectivity index (χ2v) is 20.8. The van der Waals surface area contributed by atoms with E-state index >= 15 is 0 Å². The molecule has 11 rings (SSSR count). The molecule has 0 radical (unpaired) electrons. The van der Waals surface area contributed by atoms with Gasteiger partial charge in [0.25, 0.3) is 11.8 Å². The van der Waals surface area contributed by atoms with Gasteiger partial charge in [0.05, 0.1) is 33.5 Å². The normalized spacial score (nSPS) is 18.4. The summed E-state index contributed by atoms with van der Waals surface area (Å²) in [6.45, 7) is 0.810. The number of sulfone groups is 1. The van der Waals surface area contributed by atoms with Crippen LogP contribution in [0.25, 0.3) is 21.8 Å². The number of nitrogens with zero attached hydrogens (tertiary/aromatic N) is 5. The predicted octanol–water partition coefficient (Wildman–Crippen LogP) is 5.92. The van der Waals surface area contributed by atoms with Gasteiger partial charge in [-0.3, -0.25) is 29.1 Å². The molecule has 1 saturated heterocycles. The number of halogens is 2. The molecular weight excluding hydrogens is 885 g/mol. The van der Waals surface area contributed by atoms with Gasteiger partial charge in [0.1, 0.15) is 22.7 Å². The monoisotopic (exact) mass is 929 g/mol. The number of aliphatic carboxylic acids is 1. The Morgan fingerprint density at radius 3 is 1.45 bits per heavy atom. The lowest BCUT2D eigenvalue weighted by Gasteiger charge is -2.32. The highest BCUT2D eigenvalue weighted by Gasteiger charge is 2.57. The topological polar surface area (TPSA) is 199 Å². The fourth-order valence-electron chi connectivity index (χ4n) is 10.2. The molecule has 2 aliphatic carbocycles. The van der Waals surface area contributed by atoms with E-state index in [2.05, 4.69) is 9.97 Å². The first kappa shape index (κ1) is 43.9. The van der Waals surface area contributed by atoms with Gasteiger partial charge in [-0.2, -0.15) is 0 Å². The first-order valence-electron chi connectivity index (χ1n) is 22.0. The largest absolute Gasteiger partial charge is 0.505 e. The highest BCUT2D eigenvalue weighted by Crippen LogP contribution is 2.57. The van der Waals surface area contributed by atoms with Crippen molar-refractivity contribution in [2.75, 3.05) is 38.7 Å². The minimum atomic E-state index is -3.15. The summed E-state index contributed by atoms with van der Waals surface area (Å²) >= 11 is 0. The van der Waals surface area contributed by atoms with E-state index in [1.54, 1.807) is 55.7 Å². The Morgan fingerprint density at radius 2 is 1.06 bits per heavy atom. The summed E-state index contributed by atoms with van der Waals surface area (Å²) in [6.07, 6.45) is 6.29. The summed E-state index contributed by atoms with van der Waals surface area (Å²) in [7, 11) is 0.129. The lowest BCUT2D eigenvalue weighted by Crippen LogP contribution is -2.48. The quantitative estimate of drug-likeness (QED) is 0.164. The second kappa shape index (κ2) is 15.8. The van der Waals surface area contributed by atoms with Crippen molar-refractivity contribution in [3.05, 3.63) is 140 Å². The zero-order valence-corrected chi connectivity index (χ0v) is 37.4. The van der Waals surface area contributed by atoms with Crippen LogP contribution in [0, 0.1) is 11.6 Å². The average Bonchev–Trinajstić information content (AvgIpc) is 4.23. The number of carbonyl (C=O) groups excluding carboxylic acids is 3. The molecule has 67 heavy (non-hydrogen) atoms. The summed E-state index contributed by atoms with van der Waals surface area (Å²) in [5.41, 5.74) is 4.81. The number of phenolic OH excluding ortho intramolecular Hbond substituents is 2. The van der Waals surface area contributed by atoms with Crippen LogP contribution in [-0.2, 0) is 56.2 Å². The van der Waals surface area contributed by atoms with Gasteiger partial charge >= 0.3 is 5.97 Å². The number of phenols is 2. The smallest absolute Gasteiger partial charge is 0.314 e. The van der Waals surface area contributed by atoms with E-state index in [0.717, 1.165) is 22.3 Å². The van der Waals surface area contributed by atoms with Crippen molar-refractivity contribution in [2.45, 2.75) is 62.4 Å². The number of carbonyl (C=O) groups is 4. The van der Waals surface area contributed by atoms with Crippen molar-refractivity contribution >= 4 is 55.3 Å². The molecule has 3 fully saturated rings. The number of aromatic nitrogens is 2. The molecule has 5 heterocycles. The van der Waals surface area contributed by atoms with Gasteiger partial charge in [-0.25, -0.2) is 17.2 Å². The van der Waals surface area contributed by atoms with Crippen LogP contribution in [0.2, 0.25) is 0 Å². The van der Waals surface area contributed by atoms with Gasteiger partial charge in [-0.1, -0.05) is 24.3 Å². The number of carboxylic acids is 1. The standard InChI is InChI=1S/C27H26FN3O5S.C23H19FN2O4/c1-30-15-20-21(25(30)33)24(32)23-19(13-17(14-29-23)12-16-2-4-18(28)5-3-16)22(20)27(6-7-27)26(34)31-8-10-37(35,36)11-9-31;1-26-11-16-17(21(26)28)20(27)19-15(18(16)23(6-7-23)22(29)30)9-13(10-25-19)8-12-2-4-14(24)5-3-12/h2-5,13-14,32H,6-12,15H2,1H3;2-5,9-10,27H,6-8,11H2,1H3,(H,29,30). The van der Waals surface area contributed by atoms with Gasteiger partial charge < -0.3 is 30.0 Å². The molecule has 3 aliphatic heterocycles. The molecule has 4 aromatic carbocycles. The predicted molar refractivity (Wildman–Crippen MR) is 242 cm³/mol. The number of carboxylic acid groups (broad SMARTS) is 1. The average molecular weight is 930 g/mol. The molecule has 2 saturated carbocycles. The van der Waals surface area contributed by atoms with E-state index in [-0.39, 0.29) is 101 Å². The molecule has 14 nitrogen and oxygen atoms in total. The Kier molecular flexibility index (Phi) is 10.4. The first-order valence-corrected chi connectivity index (χ1v) is 23.8. The number of fused-ring (bicyclic) bond motifs is 4. The SMILES string of the molecule is CN1Cc2c(c(O)c3ncc(Cc4ccc(F)cc4)cc3c2C2(C(=O)N3CCS(=O)(=O)CC3)CC2)C1=O.CN1Cc2c(c(O)c3ncc(Cc4ccc(F)cc4)cc3c2C2(C(=O)O)CC2)C1=O. The number of amides is 3. The summed E-state index contributed by atoms with van der Waals surface area (Å²) in [5, 5.41) is 33.1. The third kappa shape index (κ3) is 7.39. The van der Waals surface area contributed by atoms with E-state index in [1.807, 2.05) is 12.1 Å². The van der Waals surface area contributed by atoms with E-state index in [1.165, 1.54) is 34.1 Å². The molecule has 6 aromatic rings. The molecule has 0 spiro atoms. The molecule has 344 valence electrons. The van der Waals surface area contributed by atoms with E-state index in [9.17, 15) is 51.7 Å². The van der Waals surface area contributed by atoms with Crippen molar-refractivity contribution < 1.29 is 51.7 Å². The lowest BCUT2D eigenvalue weighted by molar-refractivity contribution is -0.140. The van der Waals surface area contributed by atoms with Crippen LogP contribution in [0.15, 0.2) is 73.1 Å². The van der Waals surface area contributed by atoms with Crippen LogP contribution in [0.1, 0.15) is 90.9 Å². The third-order valence-electron chi connectivity index (χ3n) is 14.0. The molecule has 3 N–H and O–H groups in total. The Balaban J connectivity index is 0.000000160. The Morgan fingerprint density at radius 1 is 0.657 bits per heavy atom. The van der Waals surface area contributed by atoms with E-state index < -0.39 is 26.6 Å². The maximum Gasteiger partial charge on any atom is 0.314 e. The van der Waals surface area contributed by atoms with Crippen LogP contribution in [0.3, 0.4) is 0 Å². The fraction of sp³-hybridized carbons (Fsp3) is 0.320. The van der Waals surface area contributed by atoms with Gasteiger partial charge in [0, 0.05) is 63.4 Å². The number of rotatable bonds is 8. The minimum absolute atomic E-state index is 0.0617. The van der Waals surface area contributed by atoms with Crippen LogP contribution < -0.4 is 0 Å². The molecular formula is C50H45F2N5O9S. The molecule has 0 atom stereocenters. The van der Waals surface area contributed by atoms with Crippen LogP contribution >= 0.6 is 0 Å². The summed E-state index contributed by atoms with van der Waals surface area (Å²) in [6, 6.07) is 16.1. The summed E-state index contributed by atoms with van der Waals surface area (Å²) in [5.74, 6) is -2.87. The first-order chi connectivity index (χ1) is 31.9. The van der Waals surface area contributed by atoms with Crippen molar-refractivity contribution in [3.63, 3.8) is 0 Å². The fourth-order valence-corrected chi connectivity index (χ4v) is 11.4. The highest BCUT2D eigenvalue weighted by molar-refractivity contribution is 7.91. The van der Waals surface area contributed by atoms with E-state index in [4.69, 9.17) is 0 Å². The molecule has 5 aliphatic rings. The number of aromatic hydroxyl groups is 2. The summed E-state index contributed by atoms with van der Waals surface area (Å²) < 4.78 is 50.5. The summed E-state index contributed by atoms with van der Waals surface area (Å²) in [4.78, 5) is 65.2. The Labute approximate surface area is 383 Å². The van der Waals surface area contributed by atoms with Gasteiger partial charge in [-0.15, -0.1) is 0 Å². The maximum atomic E-state index is 13.9. The van der Waals surface area contributed by atoms with E-state index in [0.29, 0.717) is 71.6 Å². The second-order valence-electron chi connectivity index (χ2n) is 18.5. The molecule has 2 aromatic heterocycles. The zero-order chi connectivity index (χ0) is 47.3. The number of pyridine rings is 2. The van der Waals surface area contributed by atoms with Crippen LogP contribution in [0.5, 0.6) is 11.5 Å². The molecule has 0 unspecified atom stereocenters. The van der Waals surface area contributed by atoms with Crippen molar-refractivity contribution in [1.82, 2.24) is 24.7 Å². The number of hydrogen-bond acceptors (Lipinski definition) is 10. The third-order valence-corrected chi connectivity index (χ3v) is 15.6. The Hall–Kier alpha value is -7.01. The van der Waals surface area contributed by atoms with Gasteiger partial charge in [0.15, 0.2) is 21.3 Å². The molecule has 17 heteroatoms. The van der Waals surface area contributed by atoms with Gasteiger partial charge in [-0.05, 0) is 119 Å².